The number of nitrogens with zero attached hydrogens (tertiary/aromatic N) is 4. The summed E-state index contributed by atoms with van der Waals surface area (Å²) in [5.74, 6) is 0.470. The Hall–Kier alpha value is -2.64. The van der Waals surface area contributed by atoms with Crippen molar-refractivity contribution < 1.29 is 21.6 Å². The molecular formula is C19H19F3N4O2S. The van der Waals surface area contributed by atoms with Crippen molar-refractivity contribution in [2.75, 3.05) is 31.1 Å². The molecule has 0 N–H and O–H groups in total. The summed E-state index contributed by atoms with van der Waals surface area (Å²) in [6.45, 7) is 4.02. The minimum atomic E-state index is -4.77. The third-order valence-electron chi connectivity index (χ3n) is 4.79. The fourth-order valence-electron chi connectivity index (χ4n) is 3.39. The molecule has 1 aromatic carbocycles. The third-order valence-corrected chi connectivity index (χ3v) is 6.74. The van der Waals surface area contributed by atoms with Crippen LogP contribution in [-0.2, 0) is 16.2 Å². The topological polar surface area (TPSA) is 77.3 Å². The third kappa shape index (κ3) is 4.06. The van der Waals surface area contributed by atoms with Gasteiger partial charge in [-0.25, -0.2) is 13.4 Å². The molecule has 29 heavy (non-hydrogen) atoms. The summed E-state index contributed by atoms with van der Waals surface area (Å²) in [6.07, 6.45) is -4.77. The number of aromatic nitrogens is 1. The molecule has 10 heteroatoms. The molecule has 0 amide bonds. The Morgan fingerprint density at radius 1 is 1.10 bits per heavy atom. The van der Waals surface area contributed by atoms with Gasteiger partial charge in [-0.15, -0.1) is 0 Å². The lowest BCUT2D eigenvalue weighted by atomic mass is 10.1. The van der Waals surface area contributed by atoms with E-state index in [1.807, 2.05) is 0 Å². The van der Waals surface area contributed by atoms with Crippen molar-refractivity contribution in [2.45, 2.75) is 24.9 Å². The first-order valence-electron chi connectivity index (χ1n) is 8.85. The van der Waals surface area contributed by atoms with Crippen LogP contribution in [0.25, 0.3) is 0 Å². The van der Waals surface area contributed by atoms with Crippen LogP contribution in [0.15, 0.2) is 35.2 Å². The molecule has 0 atom stereocenters. The molecule has 0 saturated carbocycles. The van der Waals surface area contributed by atoms with E-state index in [1.54, 1.807) is 24.8 Å². The van der Waals surface area contributed by atoms with E-state index in [9.17, 15) is 26.9 Å². The lowest BCUT2D eigenvalue weighted by molar-refractivity contribution is -0.139. The van der Waals surface area contributed by atoms with E-state index in [0.29, 0.717) is 11.4 Å². The van der Waals surface area contributed by atoms with Gasteiger partial charge < -0.3 is 4.90 Å². The predicted molar refractivity (Wildman–Crippen MR) is 101 cm³/mol. The number of rotatable bonds is 3. The van der Waals surface area contributed by atoms with Gasteiger partial charge in [0.2, 0.25) is 10.0 Å². The van der Waals surface area contributed by atoms with Crippen molar-refractivity contribution in [1.29, 1.82) is 5.26 Å². The van der Waals surface area contributed by atoms with Crippen molar-refractivity contribution in [3.8, 4) is 6.07 Å². The number of benzene rings is 1. The maximum Gasteiger partial charge on any atom is 0.417 e. The Morgan fingerprint density at radius 2 is 1.72 bits per heavy atom. The molecule has 1 aliphatic rings. The van der Waals surface area contributed by atoms with Crippen LogP contribution >= 0.6 is 0 Å². The first-order valence-corrected chi connectivity index (χ1v) is 10.3. The summed E-state index contributed by atoms with van der Waals surface area (Å²) in [5, 5.41) is 9.43. The van der Waals surface area contributed by atoms with Crippen LogP contribution in [0.1, 0.15) is 22.4 Å². The highest BCUT2D eigenvalue weighted by Gasteiger charge is 2.39. The molecule has 1 saturated heterocycles. The lowest BCUT2D eigenvalue weighted by Gasteiger charge is -2.35. The number of nitriles is 1. The molecule has 6 nitrogen and oxygen atoms in total. The van der Waals surface area contributed by atoms with Crippen molar-refractivity contribution >= 4 is 15.8 Å². The Morgan fingerprint density at radius 3 is 2.31 bits per heavy atom. The highest BCUT2D eigenvalue weighted by molar-refractivity contribution is 7.89. The summed E-state index contributed by atoms with van der Waals surface area (Å²) in [7, 11) is -4.31. The first kappa shape index (κ1) is 21.1. The van der Waals surface area contributed by atoms with Crippen molar-refractivity contribution in [2.24, 2.45) is 0 Å². The normalized spacial score (nSPS) is 15.9. The fraction of sp³-hybridized carbons (Fsp3) is 0.368. The van der Waals surface area contributed by atoms with Crippen LogP contribution in [0.5, 0.6) is 0 Å². The average molecular weight is 424 g/mol. The second-order valence-electron chi connectivity index (χ2n) is 6.78. The molecule has 0 aliphatic carbocycles. The predicted octanol–water partition coefficient (Wildman–Crippen LogP) is 3.10. The van der Waals surface area contributed by atoms with Crippen molar-refractivity contribution in [1.82, 2.24) is 9.29 Å². The number of halogens is 3. The number of anilines is 1. The van der Waals surface area contributed by atoms with Gasteiger partial charge in [0.05, 0.1) is 16.0 Å². The Labute approximate surface area is 167 Å². The molecule has 3 rings (SSSR count). The molecule has 1 fully saturated rings. The number of pyridine rings is 1. The van der Waals surface area contributed by atoms with Gasteiger partial charge in [0, 0.05) is 31.9 Å². The number of hydrogen-bond donors (Lipinski definition) is 0. The van der Waals surface area contributed by atoms with E-state index in [0.717, 1.165) is 33.8 Å². The number of sulfonamides is 1. The van der Waals surface area contributed by atoms with Gasteiger partial charge in [-0.2, -0.15) is 22.7 Å². The van der Waals surface area contributed by atoms with Gasteiger partial charge in [-0.1, -0.05) is 12.1 Å². The fourth-order valence-corrected chi connectivity index (χ4v) is 5.02. The number of hydrogen-bond acceptors (Lipinski definition) is 5. The van der Waals surface area contributed by atoms with Gasteiger partial charge in [0.25, 0.3) is 0 Å². The van der Waals surface area contributed by atoms with Crippen LogP contribution in [0.4, 0.5) is 19.0 Å². The number of piperazine rings is 1. The second-order valence-corrected chi connectivity index (χ2v) is 8.68. The van der Waals surface area contributed by atoms with Gasteiger partial charge in [0.15, 0.2) is 0 Å². The van der Waals surface area contributed by atoms with E-state index in [-0.39, 0.29) is 26.2 Å². The minimum absolute atomic E-state index is 0.00589. The SMILES string of the molecule is Cc1cc(C)c(C#N)c(N2CCN(S(=O)(=O)c3ccccc3C(F)(F)F)CC2)n1. The van der Waals surface area contributed by atoms with Gasteiger partial charge in [0.1, 0.15) is 11.9 Å². The molecule has 0 spiro atoms. The van der Waals surface area contributed by atoms with Gasteiger partial charge in [-0.05, 0) is 37.6 Å². The zero-order valence-electron chi connectivity index (χ0n) is 15.9. The Kier molecular flexibility index (Phi) is 5.56. The van der Waals surface area contributed by atoms with Crippen LogP contribution in [0, 0.1) is 25.2 Å². The minimum Gasteiger partial charge on any atom is -0.353 e. The first-order chi connectivity index (χ1) is 13.6. The van der Waals surface area contributed by atoms with Crippen LogP contribution < -0.4 is 4.90 Å². The van der Waals surface area contributed by atoms with E-state index >= 15 is 0 Å². The van der Waals surface area contributed by atoms with E-state index < -0.39 is 26.7 Å². The maximum atomic E-state index is 13.3. The molecule has 2 aromatic rings. The van der Waals surface area contributed by atoms with E-state index in [1.165, 1.54) is 6.07 Å². The largest absolute Gasteiger partial charge is 0.417 e. The summed E-state index contributed by atoms with van der Waals surface area (Å²) in [6, 6.07) is 8.09. The smallest absolute Gasteiger partial charge is 0.353 e. The lowest BCUT2D eigenvalue weighted by Crippen LogP contribution is -2.49. The van der Waals surface area contributed by atoms with Crippen molar-refractivity contribution in [3.05, 3.63) is 52.7 Å². The zero-order valence-corrected chi connectivity index (χ0v) is 16.7. The van der Waals surface area contributed by atoms with Gasteiger partial charge in [-0.3, -0.25) is 0 Å². The molecular weight excluding hydrogens is 405 g/mol. The van der Waals surface area contributed by atoms with E-state index in [2.05, 4.69) is 11.1 Å². The molecule has 1 aliphatic heterocycles. The monoisotopic (exact) mass is 424 g/mol. The molecule has 1 aromatic heterocycles. The van der Waals surface area contributed by atoms with E-state index in [4.69, 9.17) is 0 Å². The van der Waals surface area contributed by atoms with Gasteiger partial charge >= 0.3 is 6.18 Å². The quantitative estimate of drug-likeness (QED) is 0.757. The molecule has 0 radical (unpaired) electrons. The zero-order chi connectivity index (χ0) is 21.4. The number of alkyl halides is 3. The molecule has 2 heterocycles. The highest BCUT2D eigenvalue weighted by Crippen LogP contribution is 2.35. The summed E-state index contributed by atoms with van der Waals surface area (Å²) in [4.78, 5) is 5.45. The summed E-state index contributed by atoms with van der Waals surface area (Å²) >= 11 is 0. The summed E-state index contributed by atoms with van der Waals surface area (Å²) < 4.78 is 66.6. The van der Waals surface area contributed by atoms with Crippen molar-refractivity contribution in [3.63, 3.8) is 0 Å². The molecule has 0 bridgehead atoms. The summed E-state index contributed by atoms with van der Waals surface area (Å²) in [5.41, 5.74) is 0.731. The average Bonchev–Trinajstić information content (AvgIpc) is 2.67. The molecule has 0 unspecified atom stereocenters. The highest BCUT2D eigenvalue weighted by atomic mass is 32.2. The van der Waals surface area contributed by atoms with Crippen LogP contribution in [-0.4, -0.2) is 43.9 Å². The van der Waals surface area contributed by atoms with Crippen LogP contribution in [0.2, 0.25) is 0 Å². The Balaban J connectivity index is 1.87. The number of aryl methyl sites for hydroxylation is 2. The van der Waals surface area contributed by atoms with Crippen LogP contribution in [0.3, 0.4) is 0 Å². The Bertz CT molecular complexity index is 1070. The molecule has 154 valence electrons. The maximum absolute atomic E-state index is 13.3. The standard InChI is InChI=1S/C19H19F3N4O2S/c1-13-11-14(2)24-18(15(13)12-23)25-7-9-26(10-8-25)29(27,28)17-6-4-3-5-16(17)19(20,21)22/h3-6,11H,7-10H2,1-2H3. The second kappa shape index (κ2) is 7.65.